The fourth-order valence-corrected chi connectivity index (χ4v) is 2.85. The van der Waals surface area contributed by atoms with Gasteiger partial charge in [0, 0.05) is 50.2 Å². The van der Waals surface area contributed by atoms with Crippen LogP contribution in [0.1, 0.15) is 28.8 Å². The molecule has 2 aromatic heterocycles. The summed E-state index contributed by atoms with van der Waals surface area (Å²) in [6.45, 7) is 7.14. The maximum Gasteiger partial charge on any atom is 0.150 e. The lowest BCUT2D eigenvalue weighted by atomic mass is 10.1. The normalized spacial score (nSPS) is 19.0. The van der Waals surface area contributed by atoms with Gasteiger partial charge in [-0.15, -0.1) is 0 Å². The van der Waals surface area contributed by atoms with Crippen LogP contribution in [0.15, 0.2) is 12.3 Å². The molecule has 1 saturated heterocycles. The first-order valence-corrected chi connectivity index (χ1v) is 7.91. The van der Waals surface area contributed by atoms with Crippen molar-refractivity contribution in [2.75, 3.05) is 32.1 Å². The summed E-state index contributed by atoms with van der Waals surface area (Å²) >= 11 is 0. The lowest BCUT2D eigenvalue weighted by Crippen LogP contribution is -2.40. The Bertz CT molecular complexity index is 683. The molecule has 7 heteroatoms. The van der Waals surface area contributed by atoms with Crippen LogP contribution in [-0.4, -0.2) is 51.5 Å². The number of nitrogens with zero attached hydrogens (tertiary/aromatic N) is 5. The maximum atomic E-state index is 5.69. The fraction of sp³-hybridized carbons (Fsp3) is 0.562. The van der Waals surface area contributed by atoms with E-state index < -0.39 is 0 Å². The van der Waals surface area contributed by atoms with Gasteiger partial charge in [0.25, 0.3) is 0 Å². The van der Waals surface area contributed by atoms with Crippen molar-refractivity contribution in [1.82, 2.24) is 24.6 Å². The van der Waals surface area contributed by atoms with E-state index in [2.05, 4.69) is 32.2 Å². The third-order valence-electron chi connectivity index (χ3n) is 4.38. The molecule has 1 aliphatic heterocycles. The van der Waals surface area contributed by atoms with Crippen LogP contribution in [0.25, 0.3) is 0 Å². The Labute approximate surface area is 136 Å². The number of nitrogens with one attached hydrogen (secondary N) is 1. The van der Waals surface area contributed by atoms with Gasteiger partial charge in [-0.2, -0.15) is 5.10 Å². The second-order valence-electron chi connectivity index (χ2n) is 5.94. The number of aromatic nitrogens is 4. The van der Waals surface area contributed by atoms with Crippen molar-refractivity contribution in [3.63, 3.8) is 0 Å². The van der Waals surface area contributed by atoms with Gasteiger partial charge >= 0.3 is 0 Å². The van der Waals surface area contributed by atoms with E-state index in [1.54, 1.807) is 0 Å². The maximum absolute atomic E-state index is 5.69. The number of anilines is 1. The van der Waals surface area contributed by atoms with Crippen LogP contribution < -0.4 is 5.32 Å². The van der Waals surface area contributed by atoms with E-state index in [-0.39, 0.29) is 6.04 Å². The summed E-state index contributed by atoms with van der Waals surface area (Å²) in [6, 6.07) is 2.01. The molecule has 1 aliphatic rings. The van der Waals surface area contributed by atoms with Crippen LogP contribution in [0, 0.1) is 13.8 Å². The highest BCUT2D eigenvalue weighted by Crippen LogP contribution is 2.25. The summed E-state index contributed by atoms with van der Waals surface area (Å²) in [5.41, 5.74) is 3.39. The van der Waals surface area contributed by atoms with Crippen LogP contribution >= 0.6 is 0 Å². The molecule has 1 atom stereocenters. The van der Waals surface area contributed by atoms with E-state index in [0.717, 1.165) is 37.0 Å². The van der Waals surface area contributed by atoms with E-state index in [4.69, 9.17) is 4.74 Å². The van der Waals surface area contributed by atoms with E-state index in [1.165, 1.54) is 11.3 Å². The zero-order valence-electron chi connectivity index (χ0n) is 14.2. The van der Waals surface area contributed by atoms with Crippen LogP contribution in [-0.2, 0) is 18.3 Å². The van der Waals surface area contributed by atoms with Gasteiger partial charge in [-0.1, -0.05) is 0 Å². The molecule has 0 aromatic carbocycles. The number of aryl methyl sites for hydroxylation is 2. The van der Waals surface area contributed by atoms with E-state index >= 15 is 0 Å². The third kappa shape index (κ3) is 3.35. The topological polar surface area (TPSA) is 68.1 Å². The Morgan fingerprint density at radius 3 is 2.87 bits per heavy atom. The van der Waals surface area contributed by atoms with Crippen molar-refractivity contribution in [1.29, 1.82) is 0 Å². The summed E-state index contributed by atoms with van der Waals surface area (Å²) in [5, 5.41) is 7.44. The number of hydrogen-bond acceptors (Lipinski definition) is 6. The van der Waals surface area contributed by atoms with Gasteiger partial charge in [0.15, 0.2) is 0 Å². The van der Waals surface area contributed by atoms with Gasteiger partial charge in [-0.05, 0) is 13.8 Å². The molecular weight excluding hydrogens is 292 g/mol. The van der Waals surface area contributed by atoms with Gasteiger partial charge < -0.3 is 10.1 Å². The predicted octanol–water partition coefficient (Wildman–Crippen LogP) is 1.44. The Balaban J connectivity index is 1.86. The minimum atomic E-state index is 0.0651. The number of ether oxygens (including phenoxy) is 1. The largest absolute Gasteiger partial charge is 0.378 e. The zero-order chi connectivity index (χ0) is 16.4. The van der Waals surface area contributed by atoms with Crippen molar-refractivity contribution in [2.45, 2.75) is 26.4 Å². The molecule has 2 aromatic rings. The third-order valence-corrected chi connectivity index (χ3v) is 4.38. The Morgan fingerprint density at radius 1 is 1.35 bits per heavy atom. The van der Waals surface area contributed by atoms with E-state index in [1.807, 2.05) is 38.0 Å². The van der Waals surface area contributed by atoms with E-state index in [0.29, 0.717) is 6.61 Å². The minimum absolute atomic E-state index is 0.0651. The van der Waals surface area contributed by atoms with Crippen LogP contribution in [0.4, 0.5) is 5.82 Å². The van der Waals surface area contributed by atoms with Crippen molar-refractivity contribution < 1.29 is 4.74 Å². The molecule has 0 bridgehead atoms. The molecule has 23 heavy (non-hydrogen) atoms. The first-order valence-electron chi connectivity index (χ1n) is 7.91. The standard InChI is InChI=1S/C16H24N6O/c1-11-7-15(17-3)20-16(19-11)14-10-23-6-5-22(14)9-13-8-18-21(4)12(13)2/h7-8,14H,5-6,9-10H2,1-4H3,(H,17,19,20). The van der Waals surface area contributed by atoms with Crippen molar-refractivity contribution in [3.05, 3.63) is 35.0 Å². The molecule has 1 fully saturated rings. The summed E-state index contributed by atoms with van der Waals surface area (Å²) < 4.78 is 7.60. The molecule has 0 spiro atoms. The molecule has 3 heterocycles. The lowest BCUT2D eigenvalue weighted by Gasteiger charge is -2.34. The molecule has 0 saturated carbocycles. The average Bonchev–Trinajstić information content (AvgIpc) is 2.87. The summed E-state index contributed by atoms with van der Waals surface area (Å²) in [7, 11) is 3.85. The van der Waals surface area contributed by atoms with Gasteiger partial charge in [-0.25, -0.2) is 9.97 Å². The van der Waals surface area contributed by atoms with Gasteiger partial charge in [0.05, 0.1) is 25.5 Å². The number of morpholine rings is 1. The highest BCUT2D eigenvalue weighted by molar-refractivity contribution is 5.35. The van der Waals surface area contributed by atoms with Crippen LogP contribution in [0.5, 0.6) is 0 Å². The zero-order valence-corrected chi connectivity index (χ0v) is 14.2. The molecule has 3 rings (SSSR count). The number of rotatable bonds is 4. The second-order valence-corrected chi connectivity index (χ2v) is 5.94. The van der Waals surface area contributed by atoms with E-state index in [9.17, 15) is 0 Å². The highest BCUT2D eigenvalue weighted by atomic mass is 16.5. The van der Waals surface area contributed by atoms with Crippen molar-refractivity contribution in [2.24, 2.45) is 7.05 Å². The Kier molecular flexibility index (Phi) is 4.58. The quantitative estimate of drug-likeness (QED) is 0.920. The first kappa shape index (κ1) is 15.9. The average molecular weight is 316 g/mol. The Morgan fingerprint density at radius 2 is 2.17 bits per heavy atom. The van der Waals surface area contributed by atoms with Crippen molar-refractivity contribution >= 4 is 5.82 Å². The SMILES string of the molecule is CNc1cc(C)nc(C2COCCN2Cc2cnn(C)c2C)n1. The smallest absolute Gasteiger partial charge is 0.150 e. The van der Waals surface area contributed by atoms with Crippen molar-refractivity contribution in [3.8, 4) is 0 Å². The minimum Gasteiger partial charge on any atom is -0.378 e. The number of hydrogen-bond donors (Lipinski definition) is 1. The van der Waals surface area contributed by atoms with Crippen LogP contribution in [0.3, 0.4) is 0 Å². The van der Waals surface area contributed by atoms with Gasteiger partial charge in [-0.3, -0.25) is 9.58 Å². The molecule has 124 valence electrons. The molecule has 0 radical (unpaired) electrons. The monoisotopic (exact) mass is 316 g/mol. The first-order chi connectivity index (χ1) is 11.1. The second kappa shape index (κ2) is 6.64. The molecule has 7 nitrogen and oxygen atoms in total. The Hall–Kier alpha value is -1.99. The van der Waals surface area contributed by atoms with Gasteiger partial charge in [0.1, 0.15) is 11.6 Å². The fourth-order valence-electron chi connectivity index (χ4n) is 2.85. The summed E-state index contributed by atoms with van der Waals surface area (Å²) in [6.07, 6.45) is 1.94. The predicted molar refractivity (Wildman–Crippen MR) is 88.2 cm³/mol. The molecule has 0 amide bonds. The molecule has 1 N–H and O–H groups in total. The molecular formula is C16H24N6O. The summed E-state index contributed by atoms with van der Waals surface area (Å²) in [5.74, 6) is 1.66. The lowest BCUT2D eigenvalue weighted by molar-refractivity contribution is -0.0160. The van der Waals surface area contributed by atoms with Gasteiger partial charge in [0.2, 0.25) is 0 Å². The highest BCUT2D eigenvalue weighted by Gasteiger charge is 2.28. The summed E-state index contributed by atoms with van der Waals surface area (Å²) in [4.78, 5) is 11.6. The molecule has 1 unspecified atom stereocenters. The van der Waals surface area contributed by atoms with Crippen LogP contribution in [0.2, 0.25) is 0 Å². The molecule has 0 aliphatic carbocycles.